The van der Waals surface area contributed by atoms with E-state index in [9.17, 15) is 0 Å². The van der Waals surface area contributed by atoms with Crippen molar-refractivity contribution in [3.63, 3.8) is 0 Å². The highest BCUT2D eigenvalue weighted by Crippen LogP contribution is 2.28. The fraction of sp³-hybridized carbons (Fsp3) is 0.455. The molecule has 2 nitrogen and oxygen atoms in total. The van der Waals surface area contributed by atoms with Crippen LogP contribution in [0, 0.1) is 5.92 Å². The lowest BCUT2D eigenvalue weighted by Crippen LogP contribution is -2.42. The van der Waals surface area contributed by atoms with Crippen LogP contribution in [0.4, 0.5) is 0 Å². The molecule has 82 valence electrons. The molecule has 0 bridgehead atoms. The van der Waals surface area contributed by atoms with Crippen molar-refractivity contribution in [1.29, 1.82) is 0 Å². The lowest BCUT2D eigenvalue weighted by Gasteiger charge is -2.26. The van der Waals surface area contributed by atoms with Crippen molar-refractivity contribution in [2.24, 2.45) is 5.92 Å². The average Bonchev–Trinajstić information content (AvgIpc) is 2.15. The van der Waals surface area contributed by atoms with Gasteiger partial charge in [-0.25, -0.2) is 0 Å². The van der Waals surface area contributed by atoms with Gasteiger partial charge in [0.1, 0.15) is 5.75 Å². The van der Waals surface area contributed by atoms with Crippen molar-refractivity contribution in [2.45, 2.75) is 6.42 Å². The zero-order chi connectivity index (χ0) is 10.7. The predicted octanol–water partition coefficient (Wildman–Crippen LogP) is 3.09. The molecule has 0 unspecified atom stereocenters. The van der Waals surface area contributed by atoms with Crippen molar-refractivity contribution in [1.82, 2.24) is 5.32 Å². The third-order valence-electron chi connectivity index (χ3n) is 2.54. The molecule has 1 saturated heterocycles. The van der Waals surface area contributed by atoms with Crippen molar-refractivity contribution in [3.05, 3.63) is 27.7 Å². The van der Waals surface area contributed by atoms with Gasteiger partial charge in [0.05, 0.1) is 11.6 Å². The molecule has 0 radical (unpaired) electrons. The third kappa shape index (κ3) is 3.10. The van der Waals surface area contributed by atoms with Gasteiger partial charge in [0, 0.05) is 4.47 Å². The highest BCUT2D eigenvalue weighted by molar-refractivity contribution is 9.10. The summed E-state index contributed by atoms with van der Waals surface area (Å²) in [6.07, 6.45) is 1.09. The number of hydrogen-bond acceptors (Lipinski definition) is 2. The van der Waals surface area contributed by atoms with Crippen LogP contribution < -0.4 is 10.1 Å². The Morgan fingerprint density at radius 3 is 2.93 bits per heavy atom. The van der Waals surface area contributed by atoms with E-state index < -0.39 is 0 Å². The molecule has 1 aromatic rings. The van der Waals surface area contributed by atoms with Gasteiger partial charge in [0.15, 0.2) is 0 Å². The topological polar surface area (TPSA) is 21.3 Å². The lowest BCUT2D eigenvalue weighted by atomic mass is 10.0. The largest absolute Gasteiger partial charge is 0.492 e. The van der Waals surface area contributed by atoms with Crippen LogP contribution in [0.1, 0.15) is 6.42 Å². The third-order valence-corrected chi connectivity index (χ3v) is 3.35. The van der Waals surface area contributed by atoms with Crippen LogP contribution in [0.15, 0.2) is 22.7 Å². The maximum absolute atomic E-state index is 6.00. The summed E-state index contributed by atoms with van der Waals surface area (Å²) in [5.41, 5.74) is 0. The molecule has 1 N–H and O–H groups in total. The molecule has 0 saturated carbocycles. The number of halogens is 2. The maximum Gasteiger partial charge on any atom is 0.139 e. The van der Waals surface area contributed by atoms with Gasteiger partial charge in [-0.3, -0.25) is 0 Å². The van der Waals surface area contributed by atoms with Gasteiger partial charge in [-0.1, -0.05) is 27.5 Å². The Morgan fingerprint density at radius 2 is 2.27 bits per heavy atom. The molecule has 0 aliphatic carbocycles. The summed E-state index contributed by atoms with van der Waals surface area (Å²) in [5.74, 6) is 1.54. The van der Waals surface area contributed by atoms with Crippen molar-refractivity contribution in [3.8, 4) is 5.75 Å². The molecule has 2 rings (SSSR count). The van der Waals surface area contributed by atoms with Crippen LogP contribution in [-0.2, 0) is 0 Å². The number of benzene rings is 1. The fourth-order valence-electron chi connectivity index (χ4n) is 1.48. The van der Waals surface area contributed by atoms with E-state index in [2.05, 4.69) is 21.2 Å². The second-order valence-corrected chi connectivity index (χ2v) is 5.06. The second kappa shape index (κ2) is 5.19. The lowest BCUT2D eigenvalue weighted by molar-refractivity contribution is 0.238. The van der Waals surface area contributed by atoms with Gasteiger partial charge in [0.2, 0.25) is 0 Å². The van der Waals surface area contributed by atoms with Gasteiger partial charge < -0.3 is 10.1 Å². The minimum Gasteiger partial charge on any atom is -0.492 e. The highest BCUT2D eigenvalue weighted by atomic mass is 79.9. The summed E-state index contributed by atoms with van der Waals surface area (Å²) in [6.45, 7) is 2.98. The quantitative estimate of drug-likeness (QED) is 0.920. The van der Waals surface area contributed by atoms with Gasteiger partial charge in [-0.15, -0.1) is 0 Å². The molecule has 0 atom stereocenters. The van der Waals surface area contributed by atoms with E-state index in [1.54, 1.807) is 0 Å². The van der Waals surface area contributed by atoms with Gasteiger partial charge >= 0.3 is 0 Å². The molecule has 0 aromatic heterocycles. The standard InChI is InChI=1S/C11H13BrClNO/c12-9-1-2-10(13)11(5-9)15-4-3-8-6-14-7-8/h1-2,5,8,14H,3-4,6-7H2. The summed E-state index contributed by atoms with van der Waals surface area (Å²) >= 11 is 9.39. The van der Waals surface area contributed by atoms with E-state index in [0.29, 0.717) is 5.02 Å². The molecule has 0 spiro atoms. The first-order valence-corrected chi connectivity index (χ1v) is 6.21. The predicted molar refractivity (Wildman–Crippen MR) is 65.6 cm³/mol. The Bertz CT molecular complexity index is 341. The Morgan fingerprint density at radius 1 is 1.47 bits per heavy atom. The Kier molecular flexibility index (Phi) is 3.89. The van der Waals surface area contributed by atoms with E-state index in [1.807, 2.05) is 18.2 Å². The van der Waals surface area contributed by atoms with Crippen molar-refractivity contribution in [2.75, 3.05) is 19.7 Å². The monoisotopic (exact) mass is 289 g/mol. The van der Waals surface area contributed by atoms with E-state index in [-0.39, 0.29) is 0 Å². The molecule has 1 fully saturated rings. The normalized spacial score (nSPS) is 16.1. The zero-order valence-electron chi connectivity index (χ0n) is 8.30. The van der Waals surface area contributed by atoms with Crippen molar-refractivity contribution >= 4 is 27.5 Å². The fourth-order valence-corrected chi connectivity index (χ4v) is 1.99. The van der Waals surface area contributed by atoms with E-state index in [4.69, 9.17) is 16.3 Å². The molecule has 1 aromatic carbocycles. The van der Waals surface area contributed by atoms with Crippen molar-refractivity contribution < 1.29 is 4.74 Å². The minimum atomic E-state index is 0.671. The number of hydrogen-bond donors (Lipinski definition) is 1. The van der Waals surface area contributed by atoms with Crippen LogP contribution in [0.2, 0.25) is 5.02 Å². The number of nitrogens with one attached hydrogen (secondary N) is 1. The molecule has 15 heavy (non-hydrogen) atoms. The van der Waals surface area contributed by atoms with Crippen LogP contribution in [0.3, 0.4) is 0 Å². The maximum atomic E-state index is 6.00. The van der Waals surface area contributed by atoms with Crippen LogP contribution in [0.25, 0.3) is 0 Å². The minimum absolute atomic E-state index is 0.671. The average molecular weight is 291 g/mol. The van der Waals surface area contributed by atoms with E-state index in [1.165, 1.54) is 0 Å². The SMILES string of the molecule is Clc1ccc(Br)cc1OCCC1CNC1. The first-order chi connectivity index (χ1) is 7.25. The van der Waals surface area contributed by atoms with E-state index in [0.717, 1.165) is 42.3 Å². The molecule has 1 aliphatic heterocycles. The van der Waals surface area contributed by atoms with Crippen LogP contribution in [-0.4, -0.2) is 19.7 Å². The second-order valence-electron chi connectivity index (χ2n) is 3.74. The molecule has 4 heteroatoms. The summed E-state index contributed by atoms with van der Waals surface area (Å²) < 4.78 is 6.63. The smallest absolute Gasteiger partial charge is 0.139 e. The Labute approximate surface area is 103 Å². The Hall–Kier alpha value is -0.250. The summed E-state index contributed by atoms with van der Waals surface area (Å²) in [4.78, 5) is 0. The number of ether oxygens (including phenoxy) is 1. The zero-order valence-corrected chi connectivity index (χ0v) is 10.6. The first-order valence-electron chi connectivity index (χ1n) is 5.04. The van der Waals surface area contributed by atoms with Crippen LogP contribution in [0.5, 0.6) is 5.75 Å². The first kappa shape index (κ1) is 11.2. The molecule has 0 amide bonds. The summed E-state index contributed by atoms with van der Waals surface area (Å²) in [5, 5.41) is 3.91. The molecule has 1 heterocycles. The molecular formula is C11H13BrClNO. The van der Waals surface area contributed by atoms with Crippen LogP contribution >= 0.6 is 27.5 Å². The summed E-state index contributed by atoms with van der Waals surface area (Å²) in [6, 6.07) is 5.65. The molecule has 1 aliphatic rings. The van der Waals surface area contributed by atoms with Gasteiger partial charge in [-0.2, -0.15) is 0 Å². The Balaban J connectivity index is 1.83. The summed E-state index contributed by atoms with van der Waals surface area (Å²) in [7, 11) is 0. The van der Waals surface area contributed by atoms with Gasteiger partial charge in [0.25, 0.3) is 0 Å². The molecular weight excluding hydrogens is 277 g/mol. The van der Waals surface area contributed by atoms with E-state index >= 15 is 0 Å². The number of rotatable bonds is 4. The van der Waals surface area contributed by atoms with Gasteiger partial charge in [-0.05, 0) is 43.6 Å². The highest BCUT2D eigenvalue weighted by Gasteiger charge is 2.16.